The molecule has 1 amide bonds. The van der Waals surface area contributed by atoms with E-state index in [-0.39, 0.29) is 53.3 Å². The highest BCUT2D eigenvalue weighted by Crippen LogP contribution is 2.37. The average Bonchev–Trinajstić information content (AvgIpc) is 3.31. The van der Waals surface area contributed by atoms with Gasteiger partial charge in [-0.15, -0.1) is 0 Å². The summed E-state index contributed by atoms with van der Waals surface area (Å²) in [5, 5.41) is 12.6. The minimum absolute atomic E-state index is 0.0495. The van der Waals surface area contributed by atoms with E-state index in [1.165, 1.54) is 10.7 Å². The molecule has 3 N–H and O–H groups in total. The van der Waals surface area contributed by atoms with Crippen molar-refractivity contribution in [2.24, 2.45) is 0 Å². The van der Waals surface area contributed by atoms with E-state index in [1.807, 2.05) is 0 Å². The number of pyridine rings is 1. The Hall–Kier alpha value is -3.58. The van der Waals surface area contributed by atoms with Crippen molar-refractivity contribution in [1.29, 1.82) is 0 Å². The molecule has 36 heavy (non-hydrogen) atoms. The highest BCUT2D eigenvalue weighted by Gasteiger charge is 2.49. The van der Waals surface area contributed by atoms with Crippen molar-refractivity contribution < 1.29 is 23.0 Å². The summed E-state index contributed by atoms with van der Waals surface area (Å²) in [6.45, 7) is 0.922. The predicted octanol–water partition coefficient (Wildman–Crippen LogP) is 2.18. The maximum atomic E-state index is 13.7. The number of methoxy groups -OCH3 is 1. The average molecular weight is 504 g/mol. The van der Waals surface area contributed by atoms with Crippen molar-refractivity contribution in [1.82, 2.24) is 24.5 Å². The van der Waals surface area contributed by atoms with Gasteiger partial charge in [0.05, 0.1) is 24.9 Å². The Bertz CT molecular complexity index is 1340. The smallest absolute Gasteiger partial charge is 0.274 e. The Kier molecular flexibility index (Phi) is 6.35. The number of aromatic nitrogens is 4. The molecule has 11 nitrogen and oxygen atoms in total. The molecule has 2 unspecified atom stereocenters. The zero-order valence-corrected chi connectivity index (χ0v) is 19.8. The van der Waals surface area contributed by atoms with Gasteiger partial charge in [0, 0.05) is 39.4 Å². The first-order valence-corrected chi connectivity index (χ1v) is 11.7. The molecule has 0 bridgehead atoms. The number of carbonyl (C=O) groups is 1. The van der Waals surface area contributed by atoms with E-state index in [9.17, 15) is 18.4 Å². The van der Waals surface area contributed by atoms with Gasteiger partial charge < -0.3 is 30.0 Å². The maximum Gasteiger partial charge on any atom is 0.274 e. The summed E-state index contributed by atoms with van der Waals surface area (Å²) in [6.07, 6.45) is 3.32. The SMILES string of the molecule is CNc1cc(Nc2cccn(C3CCOC[C@H]3OC)c2=O)nc2c(C(=O)NC3CCC3(F)F)cnn12. The molecule has 3 aromatic heterocycles. The van der Waals surface area contributed by atoms with Crippen molar-refractivity contribution >= 4 is 28.9 Å². The second-order valence-corrected chi connectivity index (χ2v) is 8.86. The lowest BCUT2D eigenvalue weighted by Gasteiger charge is -2.36. The standard InChI is InChI=1S/C23H27F2N7O4/c1-26-19-10-18(28-14-4-3-8-31(22(14)34)15-6-9-36-12-16(15)35-2)30-20-13(11-27-32(19)20)21(33)29-17-5-7-23(17,24)25/h3-4,8,10-11,15-17,26H,5-7,9,12H2,1-2H3,(H,28,30)(H,29,33)/t15?,16-,17?/m1/s1. The fourth-order valence-corrected chi connectivity index (χ4v) is 4.53. The van der Waals surface area contributed by atoms with Crippen LogP contribution in [0.2, 0.25) is 0 Å². The summed E-state index contributed by atoms with van der Waals surface area (Å²) in [5.74, 6) is -2.85. The van der Waals surface area contributed by atoms with E-state index in [1.54, 1.807) is 43.1 Å². The van der Waals surface area contributed by atoms with Crippen molar-refractivity contribution in [2.75, 3.05) is 38.0 Å². The molecule has 5 rings (SSSR count). The molecule has 1 saturated carbocycles. The van der Waals surface area contributed by atoms with Crippen LogP contribution in [-0.4, -0.2) is 70.5 Å². The monoisotopic (exact) mass is 503 g/mol. The van der Waals surface area contributed by atoms with Gasteiger partial charge in [0.2, 0.25) is 0 Å². The lowest BCUT2D eigenvalue weighted by Crippen LogP contribution is -2.55. The summed E-state index contributed by atoms with van der Waals surface area (Å²) in [7, 11) is 3.25. The fourth-order valence-electron chi connectivity index (χ4n) is 4.53. The lowest BCUT2D eigenvalue weighted by molar-refractivity contribution is -0.102. The third-order valence-electron chi connectivity index (χ3n) is 6.72. The van der Waals surface area contributed by atoms with Gasteiger partial charge in [-0.2, -0.15) is 9.61 Å². The van der Waals surface area contributed by atoms with E-state index in [0.29, 0.717) is 25.5 Å². The Morgan fingerprint density at radius 1 is 1.33 bits per heavy atom. The van der Waals surface area contributed by atoms with E-state index >= 15 is 0 Å². The van der Waals surface area contributed by atoms with Crippen molar-refractivity contribution in [3.05, 3.63) is 46.5 Å². The molecule has 3 aromatic rings. The van der Waals surface area contributed by atoms with E-state index in [0.717, 1.165) is 0 Å². The largest absolute Gasteiger partial charge is 0.379 e. The summed E-state index contributed by atoms with van der Waals surface area (Å²) in [6, 6.07) is 3.61. The van der Waals surface area contributed by atoms with Crippen LogP contribution in [0, 0.1) is 0 Å². The first-order chi connectivity index (χ1) is 17.3. The molecule has 3 atom stereocenters. The molecular formula is C23H27F2N7O4. The van der Waals surface area contributed by atoms with Crippen LogP contribution in [0.5, 0.6) is 0 Å². The molecule has 1 saturated heterocycles. The number of hydrogen-bond donors (Lipinski definition) is 3. The van der Waals surface area contributed by atoms with E-state index in [2.05, 4.69) is 26.0 Å². The van der Waals surface area contributed by atoms with Crippen LogP contribution in [0.4, 0.5) is 26.1 Å². The van der Waals surface area contributed by atoms with Crippen molar-refractivity contribution in [3.8, 4) is 0 Å². The number of rotatable bonds is 7. The number of amides is 1. The van der Waals surface area contributed by atoms with E-state index < -0.39 is 17.9 Å². The highest BCUT2D eigenvalue weighted by molar-refractivity contribution is 6.00. The number of ether oxygens (including phenoxy) is 2. The van der Waals surface area contributed by atoms with Crippen LogP contribution in [0.25, 0.3) is 5.65 Å². The second-order valence-electron chi connectivity index (χ2n) is 8.86. The molecular weight excluding hydrogens is 476 g/mol. The maximum absolute atomic E-state index is 13.7. The molecule has 13 heteroatoms. The van der Waals surface area contributed by atoms with Crippen LogP contribution in [0.1, 0.15) is 35.7 Å². The zero-order chi connectivity index (χ0) is 25.4. The molecule has 0 radical (unpaired) electrons. The number of hydrogen-bond acceptors (Lipinski definition) is 8. The molecule has 0 spiro atoms. The number of alkyl halides is 2. The summed E-state index contributed by atoms with van der Waals surface area (Å²) < 4.78 is 41.3. The zero-order valence-electron chi connectivity index (χ0n) is 19.8. The topological polar surface area (TPSA) is 124 Å². The lowest BCUT2D eigenvalue weighted by atomic mass is 9.88. The highest BCUT2D eigenvalue weighted by atomic mass is 19.3. The van der Waals surface area contributed by atoms with Gasteiger partial charge in [0.15, 0.2) is 5.65 Å². The Morgan fingerprint density at radius 2 is 2.17 bits per heavy atom. The molecule has 2 fully saturated rings. The number of nitrogens with one attached hydrogen (secondary N) is 3. The van der Waals surface area contributed by atoms with Crippen LogP contribution in [-0.2, 0) is 9.47 Å². The van der Waals surface area contributed by atoms with Crippen LogP contribution < -0.4 is 21.5 Å². The molecule has 4 heterocycles. The van der Waals surface area contributed by atoms with Gasteiger partial charge >= 0.3 is 0 Å². The van der Waals surface area contributed by atoms with Gasteiger partial charge in [0.1, 0.15) is 29.0 Å². The Morgan fingerprint density at radius 3 is 2.86 bits per heavy atom. The third kappa shape index (κ3) is 4.28. The Labute approximate surface area is 204 Å². The molecule has 0 aromatic carbocycles. The minimum atomic E-state index is -2.92. The van der Waals surface area contributed by atoms with Gasteiger partial charge in [0.25, 0.3) is 17.4 Å². The third-order valence-corrected chi connectivity index (χ3v) is 6.72. The molecule has 2 aliphatic rings. The summed E-state index contributed by atoms with van der Waals surface area (Å²) >= 11 is 0. The molecule has 192 valence electrons. The predicted molar refractivity (Wildman–Crippen MR) is 127 cm³/mol. The number of nitrogens with zero attached hydrogens (tertiary/aromatic N) is 4. The molecule has 1 aliphatic heterocycles. The van der Waals surface area contributed by atoms with E-state index in [4.69, 9.17) is 9.47 Å². The van der Waals surface area contributed by atoms with Gasteiger partial charge in [-0.3, -0.25) is 9.59 Å². The second kappa shape index (κ2) is 9.47. The van der Waals surface area contributed by atoms with Crippen LogP contribution in [0.3, 0.4) is 0 Å². The minimum Gasteiger partial charge on any atom is -0.379 e. The summed E-state index contributed by atoms with van der Waals surface area (Å²) in [5.41, 5.74) is 0.216. The van der Waals surface area contributed by atoms with Crippen molar-refractivity contribution in [3.63, 3.8) is 0 Å². The number of anilines is 3. The van der Waals surface area contributed by atoms with Gasteiger partial charge in [-0.05, 0) is 25.0 Å². The first kappa shape index (κ1) is 24.1. The van der Waals surface area contributed by atoms with Crippen LogP contribution in [0.15, 0.2) is 35.4 Å². The van der Waals surface area contributed by atoms with Crippen LogP contribution >= 0.6 is 0 Å². The number of halogens is 2. The van der Waals surface area contributed by atoms with Gasteiger partial charge in [-0.1, -0.05) is 0 Å². The number of fused-ring (bicyclic) bond motifs is 1. The van der Waals surface area contributed by atoms with Crippen molar-refractivity contribution in [2.45, 2.75) is 43.4 Å². The first-order valence-electron chi connectivity index (χ1n) is 11.7. The Balaban J connectivity index is 1.46. The van der Waals surface area contributed by atoms with Gasteiger partial charge in [-0.25, -0.2) is 13.8 Å². The molecule has 1 aliphatic carbocycles. The number of carbonyl (C=O) groups excluding carboxylic acids is 1. The fraction of sp³-hybridized carbons (Fsp3) is 0.478. The quantitative estimate of drug-likeness (QED) is 0.448. The summed E-state index contributed by atoms with van der Waals surface area (Å²) in [4.78, 5) is 30.5. The normalized spacial score (nSPS) is 23.2.